The number of halogens is 3. The normalized spacial score (nSPS) is 15.2. The number of nitrogens with two attached hydrogens (primary N) is 1. The molecule has 1 aliphatic rings. The molecular formula is C23H23F3N4O3. The van der Waals surface area contributed by atoms with Crippen molar-refractivity contribution in [1.29, 1.82) is 0 Å². The van der Waals surface area contributed by atoms with Crippen molar-refractivity contribution in [3.05, 3.63) is 59.8 Å². The summed E-state index contributed by atoms with van der Waals surface area (Å²) in [4.78, 5) is 22.6. The molecule has 1 saturated carbocycles. The molecule has 4 rings (SSSR count). The average Bonchev–Trinajstić information content (AvgIpc) is 3.18. The first-order chi connectivity index (χ1) is 15.7. The summed E-state index contributed by atoms with van der Waals surface area (Å²) in [7, 11) is 0. The molecule has 0 saturated heterocycles. The van der Waals surface area contributed by atoms with Gasteiger partial charge in [0.05, 0.1) is 17.9 Å². The van der Waals surface area contributed by atoms with Gasteiger partial charge in [-0.05, 0) is 36.6 Å². The highest BCUT2D eigenvalue weighted by Gasteiger charge is 2.44. The quantitative estimate of drug-likeness (QED) is 0.502. The number of alkyl halides is 3. The van der Waals surface area contributed by atoms with Crippen molar-refractivity contribution < 1.29 is 27.5 Å². The number of nitrogens with zero attached hydrogens (tertiary/aromatic N) is 2. The molecule has 10 heteroatoms. The number of carbonyl (C=O) groups excluding carboxylic acids is 2. The maximum absolute atomic E-state index is 12.4. The number of esters is 1. The van der Waals surface area contributed by atoms with Gasteiger partial charge in [-0.1, -0.05) is 30.7 Å². The first-order valence-corrected chi connectivity index (χ1v) is 10.5. The number of benzene rings is 2. The van der Waals surface area contributed by atoms with Crippen molar-refractivity contribution in [3.63, 3.8) is 0 Å². The van der Waals surface area contributed by atoms with Gasteiger partial charge in [-0.2, -0.15) is 18.3 Å². The minimum atomic E-state index is -4.97. The number of amides is 1. The summed E-state index contributed by atoms with van der Waals surface area (Å²) in [5.41, 5.74) is 7.65. The minimum Gasteiger partial charge on any atom is -0.458 e. The van der Waals surface area contributed by atoms with Gasteiger partial charge in [-0.3, -0.25) is 4.79 Å². The van der Waals surface area contributed by atoms with Crippen LogP contribution in [0.2, 0.25) is 0 Å². The summed E-state index contributed by atoms with van der Waals surface area (Å²) in [6, 6.07) is 12.8. The van der Waals surface area contributed by atoms with Crippen LogP contribution in [0.25, 0.3) is 16.6 Å². The lowest BCUT2D eigenvalue weighted by atomic mass is 9.69. The van der Waals surface area contributed by atoms with Crippen molar-refractivity contribution in [3.8, 4) is 5.69 Å². The van der Waals surface area contributed by atoms with Crippen LogP contribution >= 0.6 is 0 Å². The Morgan fingerprint density at radius 1 is 1.15 bits per heavy atom. The monoisotopic (exact) mass is 460 g/mol. The largest absolute Gasteiger partial charge is 0.490 e. The van der Waals surface area contributed by atoms with Gasteiger partial charge in [0.25, 0.3) is 5.91 Å². The fourth-order valence-electron chi connectivity index (χ4n) is 3.96. The van der Waals surface area contributed by atoms with Crippen molar-refractivity contribution >= 4 is 22.8 Å². The molecule has 0 radical (unpaired) electrons. The zero-order valence-electron chi connectivity index (χ0n) is 17.7. The predicted molar refractivity (Wildman–Crippen MR) is 115 cm³/mol. The van der Waals surface area contributed by atoms with Crippen molar-refractivity contribution in [2.75, 3.05) is 13.2 Å². The summed E-state index contributed by atoms with van der Waals surface area (Å²) in [5, 5.41) is 8.54. The Morgan fingerprint density at radius 2 is 1.88 bits per heavy atom. The summed E-state index contributed by atoms with van der Waals surface area (Å²) < 4.78 is 43.3. The minimum absolute atomic E-state index is 0.239. The number of rotatable bonds is 8. The summed E-state index contributed by atoms with van der Waals surface area (Å²) in [6.07, 6.45) is -0.830. The third-order valence-corrected chi connectivity index (χ3v) is 5.99. The van der Waals surface area contributed by atoms with Crippen LogP contribution in [0.15, 0.2) is 48.7 Å². The molecular weight excluding hydrogens is 437 g/mol. The molecule has 0 spiro atoms. The number of primary amides is 1. The fraction of sp³-hybridized carbons (Fsp3) is 0.348. The van der Waals surface area contributed by atoms with Crippen LogP contribution < -0.4 is 11.1 Å². The summed E-state index contributed by atoms with van der Waals surface area (Å²) in [5.74, 6) is -2.68. The van der Waals surface area contributed by atoms with Gasteiger partial charge >= 0.3 is 12.1 Å². The van der Waals surface area contributed by atoms with E-state index in [0.29, 0.717) is 37.0 Å². The Morgan fingerprint density at radius 3 is 2.48 bits per heavy atom. The van der Waals surface area contributed by atoms with E-state index in [9.17, 15) is 22.8 Å². The predicted octanol–water partition coefficient (Wildman–Crippen LogP) is 3.49. The lowest BCUT2D eigenvalue weighted by Crippen LogP contribution is -2.44. The van der Waals surface area contributed by atoms with Gasteiger partial charge in [0.15, 0.2) is 0 Å². The first kappa shape index (κ1) is 22.8. The molecule has 0 atom stereocenters. The second kappa shape index (κ2) is 8.86. The van der Waals surface area contributed by atoms with Crippen LogP contribution in [0, 0.1) is 5.41 Å². The number of aromatic nitrogens is 2. The molecule has 33 heavy (non-hydrogen) atoms. The molecule has 1 aliphatic carbocycles. The van der Waals surface area contributed by atoms with E-state index in [1.807, 2.05) is 36.5 Å². The number of carbonyl (C=O) groups is 2. The molecule has 7 nitrogen and oxygen atoms in total. The van der Waals surface area contributed by atoms with Crippen LogP contribution in [0.4, 0.5) is 13.2 Å². The van der Waals surface area contributed by atoms with Gasteiger partial charge in [-0.15, -0.1) is 0 Å². The Hall–Kier alpha value is -3.40. The average molecular weight is 460 g/mol. The number of hydrogen-bond acceptors (Lipinski definition) is 5. The van der Waals surface area contributed by atoms with Gasteiger partial charge in [0, 0.05) is 30.1 Å². The third-order valence-electron chi connectivity index (χ3n) is 5.99. The topological polar surface area (TPSA) is 99.2 Å². The number of hydrogen-bond donors (Lipinski definition) is 2. The van der Waals surface area contributed by atoms with Crippen LogP contribution in [0.1, 0.15) is 35.2 Å². The van der Waals surface area contributed by atoms with Crippen LogP contribution in [-0.4, -0.2) is 41.0 Å². The molecule has 1 heterocycles. The molecule has 0 aliphatic heterocycles. The number of nitrogens with one attached hydrogen (secondary N) is 1. The van der Waals surface area contributed by atoms with Crippen LogP contribution in [-0.2, 0) is 16.1 Å². The van der Waals surface area contributed by atoms with E-state index in [1.165, 1.54) is 0 Å². The fourth-order valence-corrected chi connectivity index (χ4v) is 3.96. The summed E-state index contributed by atoms with van der Waals surface area (Å²) in [6.45, 7) is 0.736. The second-order valence-corrected chi connectivity index (χ2v) is 8.38. The van der Waals surface area contributed by atoms with E-state index in [2.05, 4.69) is 15.2 Å². The van der Waals surface area contributed by atoms with Crippen molar-refractivity contribution in [2.24, 2.45) is 11.1 Å². The van der Waals surface area contributed by atoms with E-state index in [4.69, 9.17) is 5.73 Å². The lowest BCUT2D eigenvalue weighted by molar-refractivity contribution is -0.204. The molecule has 2 aromatic carbocycles. The van der Waals surface area contributed by atoms with Crippen LogP contribution in [0.5, 0.6) is 0 Å². The highest BCUT2D eigenvalue weighted by Crippen LogP contribution is 2.41. The number of fused-ring (bicyclic) bond motifs is 1. The van der Waals surface area contributed by atoms with Crippen molar-refractivity contribution in [2.45, 2.75) is 32.0 Å². The lowest BCUT2D eigenvalue weighted by Gasteiger charge is -2.41. The Kier molecular flexibility index (Phi) is 6.11. The van der Waals surface area contributed by atoms with E-state index in [-0.39, 0.29) is 6.61 Å². The Bertz CT molecular complexity index is 1170. The maximum atomic E-state index is 12.4. The molecule has 3 aromatic rings. The number of ether oxygens (including phenoxy) is 1. The first-order valence-electron chi connectivity index (χ1n) is 10.5. The zero-order valence-corrected chi connectivity index (χ0v) is 17.7. The van der Waals surface area contributed by atoms with Gasteiger partial charge in [0.1, 0.15) is 5.52 Å². The molecule has 0 unspecified atom stereocenters. The van der Waals surface area contributed by atoms with E-state index in [0.717, 1.165) is 23.1 Å². The molecule has 1 amide bonds. The molecule has 1 fully saturated rings. The molecule has 0 bridgehead atoms. The highest BCUT2D eigenvalue weighted by molar-refractivity contribution is 6.04. The van der Waals surface area contributed by atoms with E-state index >= 15 is 0 Å². The standard InChI is InChI=1S/C23H23F3N4O3/c24-23(25,26)21(32)33-14-22(9-2-10-22)13-28-11-15-5-7-17(8-6-15)30-12-16-3-1-4-18(20(27)31)19(16)29-30/h1,3-8,12,28H,2,9-11,13-14H2,(H2,27,31). The van der Waals surface area contributed by atoms with E-state index in [1.54, 1.807) is 16.8 Å². The molecule has 1 aromatic heterocycles. The Labute approximate surface area is 187 Å². The van der Waals surface area contributed by atoms with Gasteiger partial charge < -0.3 is 15.8 Å². The third kappa shape index (κ3) is 5.00. The second-order valence-electron chi connectivity index (χ2n) is 8.38. The van der Waals surface area contributed by atoms with Crippen molar-refractivity contribution in [1.82, 2.24) is 15.1 Å². The smallest absolute Gasteiger partial charge is 0.458 e. The SMILES string of the molecule is NC(=O)c1cccc2cn(-c3ccc(CNCC4(COC(=O)C(F)(F)F)CCC4)cc3)nc12. The maximum Gasteiger partial charge on any atom is 0.490 e. The van der Waals surface area contributed by atoms with E-state index < -0.39 is 23.5 Å². The highest BCUT2D eigenvalue weighted by atomic mass is 19.4. The summed E-state index contributed by atoms with van der Waals surface area (Å²) >= 11 is 0. The van der Waals surface area contributed by atoms with Gasteiger partial charge in [0.2, 0.25) is 0 Å². The van der Waals surface area contributed by atoms with Crippen LogP contribution in [0.3, 0.4) is 0 Å². The molecule has 174 valence electrons. The zero-order chi connectivity index (χ0) is 23.6. The van der Waals surface area contributed by atoms with Gasteiger partial charge in [-0.25, -0.2) is 9.48 Å². The Balaban J connectivity index is 1.35. The molecule has 3 N–H and O–H groups in total.